The summed E-state index contributed by atoms with van der Waals surface area (Å²) in [7, 11) is 1.35. The molecule has 1 fully saturated rings. The van der Waals surface area contributed by atoms with E-state index in [1.165, 1.54) is 7.11 Å². The van der Waals surface area contributed by atoms with E-state index < -0.39 is 0 Å². The van der Waals surface area contributed by atoms with Gasteiger partial charge in [-0.25, -0.2) is 4.79 Å². The van der Waals surface area contributed by atoms with Gasteiger partial charge in [-0.05, 0) is 55.2 Å². The summed E-state index contributed by atoms with van der Waals surface area (Å²) in [6.45, 7) is 2.78. The van der Waals surface area contributed by atoms with Crippen molar-refractivity contribution < 1.29 is 14.3 Å². The van der Waals surface area contributed by atoms with E-state index in [0.717, 1.165) is 36.2 Å². The topological polar surface area (TPSA) is 67.4 Å². The van der Waals surface area contributed by atoms with E-state index in [4.69, 9.17) is 16.3 Å². The zero-order chi connectivity index (χ0) is 19.2. The number of ether oxygens (including phenoxy) is 1. The Morgan fingerprint density at radius 3 is 2.56 bits per heavy atom. The van der Waals surface area contributed by atoms with Gasteiger partial charge in [0.25, 0.3) is 5.91 Å². The van der Waals surface area contributed by atoms with Crippen LogP contribution in [0.25, 0.3) is 0 Å². The fraction of sp³-hybridized carbons (Fsp3) is 0.333. The zero-order valence-corrected chi connectivity index (χ0v) is 16.0. The number of methoxy groups -OCH3 is 1. The van der Waals surface area contributed by atoms with Crippen LogP contribution in [0.4, 0.5) is 5.69 Å². The van der Waals surface area contributed by atoms with Crippen LogP contribution in [0.1, 0.15) is 57.7 Å². The summed E-state index contributed by atoms with van der Waals surface area (Å²) in [5.74, 6) is -0.545. The molecule has 0 bridgehead atoms. The van der Waals surface area contributed by atoms with Gasteiger partial charge in [0.2, 0.25) is 0 Å². The van der Waals surface area contributed by atoms with Crippen molar-refractivity contribution in [2.24, 2.45) is 0 Å². The van der Waals surface area contributed by atoms with Crippen LogP contribution < -0.4 is 10.6 Å². The standard InChI is InChI=1S/C21H21ClN2O3/c1-12(13-3-5-14(6-4-13)20(26)27-2)24-19(25)16-9-15(22)10-17-18(16)23-11-21(17)7-8-21/h3-6,9-10,12,23H,7-8,11H2,1-2H3,(H,24,25). The predicted molar refractivity (Wildman–Crippen MR) is 105 cm³/mol. The summed E-state index contributed by atoms with van der Waals surface area (Å²) in [6.07, 6.45) is 2.27. The van der Waals surface area contributed by atoms with Gasteiger partial charge in [-0.3, -0.25) is 4.79 Å². The number of hydrogen-bond acceptors (Lipinski definition) is 4. The first kappa shape index (κ1) is 17.9. The summed E-state index contributed by atoms with van der Waals surface area (Å²) < 4.78 is 4.71. The minimum atomic E-state index is -0.382. The van der Waals surface area contributed by atoms with Gasteiger partial charge < -0.3 is 15.4 Å². The van der Waals surface area contributed by atoms with Crippen molar-refractivity contribution >= 4 is 29.2 Å². The number of benzene rings is 2. The molecule has 2 aliphatic rings. The maximum atomic E-state index is 12.9. The lowest BCUT2D eigenvalue weighted by atomic mass is 9.96. The molecule has 6 heteroatoms. The molecule has 5 nitrogen and oxygen atoms in total. The van der Waals surface area contributed by atoms with Crippen LogP contribution in [0, 0.1) is 0 Å². The first-order chi connectivity index (χ1) is 12.9. The Kier molecular flexibility index (Phi) is 4.35. The Hall–Kier alpha value is -2.53. The molecule has 1 heterocycles. The summed E-state index contributed by atoms with van der Waals surface area (Å²) >= 11 is 6.29. The highest BCUT2D eigenvalue weighted by molar-refractivity contribution is 6.31. The Morgan fingerprint density at radius 1 is 1.22 bits per heavy atom. The maximum absolute atomic E-state index is 12.9. The van der Waals surface area contributed by atoms with E-state index in [2.05, 4.69) is 10.6 Å². The van der Waals surface area contributed by atoms with Crippen LogP contribution in [0.15, 0.2) is 36.4 Å². The van der Waals surface area contributed by atoms with Crippen LogP contribution in [-0.4, -0.2) is 25.5 Å². The molecule has 2 aromatic rings. The molecule has 1 saturated carbocycles. The third kappa shape index (κ3) is 3.16. The molecule has 1 atom stereocenters. The number of carbonyl (C=O) groups is 2. The van der Waals surface area contributed by atoms with Gasteiger partial charge in [-0.15, -0.1) is 0 Å². The molecular formula is C21H21ClN2O3. The maximum Gasteiger partial charge on any atom is 0.337 e. The Morgan fingerprint density at radius 2 is 1.93 bits per heavy atom. The van der Waals surface area contributed by atoms with Gasteiger partial charge in [0.15, 0.2) is 0 Å². The lowest BCUT2D eigenvalue weighted by molar-refractivity contribution is 0.0600. The van der Waals surface area contributed by atoms with Crippen LogP contribution in [0.3, 0.4) is 0 Å². The molecule has 1 aliphatic carbocycles. The molecule has 1 spiro atoms. The largest absolute Gasteiger partial charge is 0.465 e. The number of amides is 1. The minimum absolute atomic E-state index is 0.163. The first-order valence-corrected chi connectivity index (χ1v) is 9.38. The lowest BCUT2D eigenvalue weighted by Crippen LogP contribution is -2.27. The zero-order valence-electron chi connectivity index (χ0n) is 15.3. The average molecular weight is 385 g/mol. The van der Waals surface area contributed by atoms with Crippen molar-refractivity contribution in [2.75, 3.05) is 19.0 Å². The molecule has 1 unspecified atom stereocenters. The van der Waals surface area contributed by atoms with E-state index >= 15 is 0 Å². The number of rotatable bonds is 4. The van der Waals surface area contributed by atoms with Crippen molar-refractivity contribution in [3.63, 3.8) is 0 Å². The van der Waals surface area contributed by atoms with E-state index in [1.807, 2.05) is 25.1 Å². The van der Waals surface area contributed by atoms with E-state index in [0.29, 0.717) is 16.1 Å². The van der Waals surface area contributed by atoms with Crippen LogP contribution >= 0.6 is 11.6 Å². The normalized spacial score (nSPS) is 17.0. The number of anilines is 1. The van der Waals surface area contributed by atoms with Crippen LogP contribution in [0.5, 0.6) is 0 Å². The van der Waals surface area contributed by atoms with Gasteiger partial charge in [-0.2, -0.15) is 0 Å². The van der Waals surface area contributed by atoms with Gasteiger partial charge in [0.1, 0.15) is 0 Å². The summed E-state index contributed by atoms with van der Waals surface area (Å²) in [6, 6.07) is 10.5. The third-order valence-electron chi connectivity index (χ3n) is 5.56. The summed E-state index contributed by atoms with van der Waals surface area (Å²) in [5, 5.41) is 7.01. The van der Waals surface area contributed by atoms with E-state index in [-0.39, 0.29) is 23.3 Å². The van der Waals surface area contributed by atoms with E-state index in [1.54, 1.807) is 18.2 Å². The van der Waals surface area contributed by atoms with Crippen molar-refractivity contribution in [1.29, 1.82) is 0 Å². The Bertz CT molecular complexity index is 920. The smallest absolute Gasteiger partial charge is 0.337 e. The SMILES string of the molecule is COC(=O)c1ccc(C(C)NC(=O)c2cc(Cl)cc3c2NCC32CC2)cc1. The predicted octanol–water partition coefficient (Wildman–Crippen LogP) is 4.07. The number of nitrogens with one attached hydrogen (secondary N) is 2. The molecule has 2 aromatic carbocycles. The second-order valence-corrected chi connectivity index (χ2v) is 7.75. The van der Waals surface area contributed by atoms with Crippen molar-refractivity contribution in [2.45, 2.75) is 31.2 Å². The number of esters is 1. The quantitative estimate of drug-likeness (QED) is 0.779. The van der Waals surface area contributed by atoms with Crippen LogP contribution in [0.2, 0.25) is 5.02 Å². The number of halogens is 1. The highest BCUT2D eigenvalue weighted by atomic mass is 35.5. The fourth-order valence-electron chi connectivity index (χ4n) is 3.73. The summed E-state index contributed by atoms with van der Waals surface area (Å²) in [5.41, 5.74) is 4.20. The molecule has 0 radical (unpaired) electrons. The molecule has 0 saturated heterocycles. The molecule has 2 N–H and O–H groups in total. The number of carbonyl (C=O) groups excluding carboxylic acids is 2. The molecule has 1 amide bonds. The molecule has 140 valence electrons. The third-order valence-corrected chi connectivity index (χ3v) is 5.77. The molecule has 27 heavy (non-hydrogen) atoms. The Labute approximate surface area is 163 Å². The van der Waals surface area contributed by atoms with Gasteiger partial charge >= 0.3 is 5.97 Å². The molecule has 0 aromatic heterocycles. The van der Waals surface area contributed by atoms with Crippen LogP contribution in [-0.2, 0) is 10.2 Å². The van der Waals surface area contributed by atoms with Gasteiger partial charge in [-0.1, -0.05) is 23.7 Å². The second-order valence-electron chi connectivity index (χ2n) is 7.32. The van der Waals surface area contributed by atoms with Gasteiger partial charge in [0, 0.05) is 17.0 Å². The van der Waals surface area contributed by atoms with Crippen molar-refractivity contribution in [3.05, 3.63) is 63.7 Å². The molecule has 1 aliphatic heterocycles. The second kappa shape index (κ2) is 6.57. The lowest BCUT2D eigenvalue weighted by Gasteiger charge is -2.17. The Balaban J connectivity index is 1.54. The minimum Gasteiger partial charge on any atom is -0.465 e. The summed E-state index contributed by atoms with van der Waals surface area (Å²) in [4.78, 5) is 24.5. The average Bonchev–Trinajstić information content (AvgIpc) is 3.38. The number of fused-ring (bicyclic) bond motifs is 2. The van der Waals surface area contributed by atoms with Crippen molar-refractivity contribution in [1.82, 2.24) is 5.32 Å². The monoisotopic (exact) mass is 384 g/mol. The number of hydrogen-bond donors (Lipinski definition) is 2. The van der Waals surface area contributed by atoms with Crippen molar-refractivity contribution in [3.8, 4) is 0 Å². The van der Waals surface area contributed by atoms with Gasteiger partial charge in [0.05, 0.1) is 30.0 Å². The highest BCUT2D eigenvalue weighted by Gasteiger charge is 2.50. The highest BCUT2D eigenvalue weighted by Crippen LogP contribution is 2.55. The van der Waals surface area contributed by atoms with E-state index in [9.17, 15) is 9.59 Å². The fourth-order valence-corrected chi connectivity index (χ4v) is 3.95. The molecule has 4 rings (SSSR count). The first-order valence-electron chi connectivity index (χ1n) is 9.00. The molecular weight excluding hydrogens is 364 g/mol.